The number of thioether (sulfide) groups is 1. The maximum atomic E-state index is 12.7. The molecule has 150 valence electrons. The van der Waals surface area contributed by atoms with Crippen LogP contribution in [0.3, 0.4) is 0 Å². The molecule has 3 rings (SSSR count). The van der Waals surface area contributed by atoms with Gasteiger partial charge in [0.1, 0.15) is 6.54 Å². The second-order valence-electron chi connectivity index (χ2n) is 5.88. The molecule has 2 aromatic rings. The van der Waals surface area contributed by atoms with Crippen molar-refractivity contribution in [3.8, 4) is 11.5 Å². The van der Waals surface area contributed by atoms with E-state index >= 15 is 0 Å². The smallest absolute Gasteiger partial charge is 0.294 e. The van der Waals surface area contributed by atoms with Crippen LogP contribution in [-0.4, -0.2) is 42.7 Å². The molecule has 1 saturated heterocycles. The van der Waals surface area contributed by atoms with Gasteiger partial charge in [-0.15, -0.1) is 0 Å². The molecule has 0 unspecified atom stereocenters. The summed E-state index contributed by atoms with van der Waals surface area (Å²) in [6.45, 7) is -0.414. The van der Waals surface area contributed by atoms with E-state index in [0.717, 1.165) is 16.7 Å². The average Bonchev–Trinajstić information content (AvgIpc) is 2.96. The lowest BCUT2D eigenvalue weighted by Crippen LogP contribution is -2.36. The Morgan fingerprint density at radius 1 is 1.14 bits per heavy atom. The number of hydrogen-bond donors (Lipinski definition) is 1. The van der Waals surface area contributed by atoms with Crippen LogP contribution >= 0.6 is 23.4 Å². The zero-order chi connectivity index (χ0) is 21.0. The summed E-state index contributed by atoms with van der Waals surface area (Å²) in [4.78, 5) is 38.3. The number of carbonyl (C=O) groups is 3. The van der Waals surface area contributed by atoms with Crippen LogP contribution in [0.2, 0.25) is 5.02 Å². The van der Waals surface area contributed by atoms with Gasteiger partial charge in [-0.3, -0.25) is 19.3 Å². The highest BCUT2D eigenvalue weighted by molar-refractivity contribution is 8.18. The summed E-state index contributed by atoms with van der Waals surface area (Å²) in [7, 11) is 2.99. The summed E-state index contributed by atoms with van der Waals surface area (Å²) >= 11 is 6.77. The third-order valence-electron chi connectivity index (χ3n) is 4.04. The average molecular weight is 433 g/mol. The number of halogens is 1. The lowest BCUT2D eigenvalue weighted by molar-refractivity contribution is -0.127. The fraction of sp³-hybridized carbons (Fsp3) is 0.150. The van der Waals surface area contributed by atoms with Crippen molar-refractivity contribution in [2.75, 3.05) is 26.1 Å². The van der Waals surface area contributed by atoms with Crippen molar-refractivity contribution in [3.05, 3.63) is 58.0 Å². The number of nitrogens with zero attached hydrogens (tertiary/aromatic N) is 1. The van der Waals surface area contributed by atoms with Gasteiger partial charge in [0, 0.05) is 5.56 Å². The second-order valence-corrected chi connectivity index (χ2v) is 7.28. The molecule has 0 aromatic heterocycles. The first-order chi connectivity index (χ1) is 13.9. The van der Waals surface area contributed by atoms with Gasteiger partial charge < -0.3 is 14.8 Å². The van der Waals surface area contributed by atoms with Gasteiger partial charge in [0.15, 0.2) is 11.5 Å². The minimum atomic E-state index is -0.556. The standard InChI is InChI=1S/C20H17ClN2O5S/c1-27-15-9-5-6-12(18(15)28-2)10-16-19(25)23(20(26)29-16)11-17(24)22-14-8-4-3-7-13(14)21/h3-10H,11H2,1-2H3,(H,22,24)/b16-10+. The molecule has 7 nitrogen and oxygen atoms in total. The predicted molar refractivity (Wildman–Crippen MR) is 112 cm³/mol. The van der Waals surface area contributed by atoms with Crippen molar-refractivity contribution in [1.82, 2.24) is 4.90 Å². The molecule has 1 aliphatic rings. The Labute approximate surface area is 176 Å². The highest BCUT2D eigenvalue weighted by atomic mass is 35.5. The number of hydrogen-bond acceptors (Lipinski definition) is 6. The predicted octanol–water partition coefficient (Wildman–Crippen LogP) is 4.03. The van der Waals surface area contributed by atoms with Gasteiger partial charge in [-0.25, -0.2) is 0 Å². The summed E-state index contributed by atoms with van der Waals surface area (Å²) in [6, 6.07) is 11.9. The number of para-hydroxylation sites is 2. The van der Waals surface area contributed by atoms with E-state index in [0.29, 0.717) is 27.8 Å². The lowest BCUT2D eigenvalue weighted by Gasteiger charge is -2.13. The molecule has 29 heavy (non-hydrogen) atoms. The van der Waals surface area contributed by atoms with Crippen LogP contribution in [-0.2, 0) is 9.59 Å². The molecule has 1 fully saturated rings. The largest absolute Gasteiger partial charge is 0.493 e. The molecule has 0 aliphatic carbocycles. The Bertz CT molecular complexity index is 1010. The molecule has 1 N–H and O–H groups in total. The number of ether oxygens (including phenoxy) is 2. The van der Waals surface area contributed by atoms with E-state index in [1.807, 2.05) is 0 Å². The van der Waals surface area contributed by atoms with Gasteiger partial charge in [-0.05, 0) is 36.0 Å². The maximum absolute atomic E-state index is 12.7. The number of anilines is 1. The molecule has 1 heterocycles. The number of benzene rings is 2. The van der Waals surface area contributed by atoms with E-state index in [-0.39, 0.29) is 4.91 Å². The fourth-order valence-electron chi connectivity index (χ4n) is 2.70. The topological polar surface area (TPSA) is 84.9 Å². The minimum absolute atomic E-state index is 0.187. The van der Waals surface area contributed by atoms with Gasteiger partial charge in [-0.2, -0.15) is 0 Å². The Morgan fingerprint density at radius 2 is 1.90 bits per heavy atom. The first-order valence-corrected chi connectivity index (χ1v) is 9.64. The molecule has 0 saturated carbocycles. The van der Waals surface area contributed by atoms with Gasteiger partial charge in [0.2, 0.25) is 5.91 Å². The van der Waals surface area contributed by atoms with Crippen LogP contribution in [0, 0.1) is 0 Å². The highest BCUT2D eigenvalue weighted by Gasteiger charge is 2.36. The van der Waals surface area contributed by atoms with Crippen molar-refractivity contribution < 1.29 is 23.9 Å². The fourth-order valence-corrected chi connectivity index (χ4v) is 3.71. The van der Waals surface area contributed by atoms with Crippen LogP contribution < -0.4 is 14.8 Å². The number of rotatable bonds is 6. The molecule has 0 radical (unpaired) electrons. The summed E-state index contributed by atoms with van der Waals surface area (Å²) in [6.07, 6.45) is 1.54. The van der Waals surface area contributed by atoms with Crippen molar-refractivity contribution in [2.24, 2.45) is 0 Å². The normalized spacial score (nSPS) is 15.0. The molecule has 1 aliphatic heterocycles. The summed E-state index contributed by atoms with van der Waals surface area (Å²) in [5, 5.41) is 2.42. The van der Waals surface area contributed by atoms with Crippen molar-refractivity contribution >= 4 is 52.2 Å². The van der Waals surface area contributed by atoms with E-state index < -0.39 is 23.6 Å². The van der Waals surface area contributed by atoms with Gasteiger partial charge in [0.05, 0.1) is 29.8 Å². The summed E-state index contributed by atoms with van der Waals surface area (Å²) in [5.41, 5.74) is 0.987. The van der Waals surface area contributed by atoms with Crippen molar-refractivity contribution in [2.45, 2.75) is 0 Å². The maximum Gasteiger partial charge on any atom is 0.294 e. The van der Waals surface area contributed by atoms with Crippen LogP contribution in [0.4, 0.5) is 10.5 Å². The SMILES string of the molecule is COc1cccc(/C=C2/SC(=O)N(CC(=O)Nc3ccccc3Cl)C2=O)c1OC. The minimum Gasteiger partial charge on any atom is -0.493 e. The van der Waals surface area contributed by atoms with E-state index in [9.17, 15) is 14.4 Å². The van der Waals surface area contributed by atoms with Crippen LogP contribution in [0.25, 0.3) is 6.08 Å². The Kier molecular flexibility index (Phi) is 6.46. The number of carbonyl (C=O) groups excluding carboxylic acids is 3. The zero-order valence-electron chi connectivity index (χ0n) is 15.6. The first-order valence-electron chi connectivity index (χ1n) is 8.45. The third kappa shape index (κ3) is 4.55. The Balaban J connectivity index is 1.77. The highest BCUT2D eigenvalue weighted by Crippen LogP contribution is 2.37. The lowest BCUT2D eigenvalue weighted by atomic mass is 10.1. The molecule has 3 amide bonds. The molecule has 9 heteroatoms. The molecule has 2 aromatic carbocycles. The third-order valence-corrected chi connectivity index (χ3v) is 5.28. The van der Waals surface area contributed by atoms with E-state index in [1.54, 1.807) is 42.5 Å². The summed E-state index contributed by atoms with van der Waals surface area (Å²) < 4.78 is 10.6. The van der Waals surface area contributed by atoms with Gasteiger partial charge in [0.25, 0.3) is 11.1 Å². The first kappa shape index (κ1) is 20.8. The van der Waals surface area contributed by atoms with E-state index in [2.05, 4.69) is 5.32 Å². The molecular weight excluding hydrogens is 416 g/mol. The number of methoxy groups -OCH3 is 2. The van der Waals surface area contributed by atoms with Crippen molar-refractivity contribution in [3.63, 3.8) is 0 Å². The number of imide groups is 1. The van der Waals surface area contributed by atoms with Gasteiger partial charge in [-0.1, -0.05) is 35.9 Å². The van der Waals surface area contributed by atoms with E-state index in [4.69, 9.17) is 21.1 Å². The summed E-state index contributed by atoms with van der Waals surface area (Å²) in [5.74, 6) is -0.141. The van der Waals surface area contributed by atoms with Crippen LogP contribution in [0.5, 0.6) is 11.5 Å². The van der Waals surface area contributed by atoms with Gasteiger partial charge >= 0.3 is 0 Å². The van der Waals surface area contributed by atoms with Crippen molar-refractivity contribution in [1.29, 1.82) is 0 Å². The zero-order valence-corrected chi connectivity index (χ0v) is 17.2. The Hall–Kier alpha value is -2.97. The number of amides is 3. The van der Waals surface area contributed by atoms with Crippen LogP contribution in [0.15, 0.2) is 47.4 Å². The molecular formula is C20H17ClN2O5S. The van der Waals surface area contributed by atoms with Crippen LogP contribution in [0.1, 0.15) is 5.56 Å². The molecule has 0 spiro atoms. The number of nitrogens with one attached hydrogen (secondary N) is 1. The molecule has 0 atom stereocenters. The van der Waals surface area contributed by atoms with E-state index in [1.165, 1.54) is 20.3 Å². The monoisotopic (exact) mass is 432 g/mol. The second kappa shape index (κ2) is 9.02. The Morgan fingerprint density at radius 3 is 2.59 bits per heavy atom. The molecule has 0 bridgehead atoms. The quantitative estimate of drug-likeness (QED) is 0.693.